The quantitative estimate of drug-likeness (QED) is 0.879. The van der Waals surface area contributed by atoms with Gasteiger partial charge in [0.25, 0.3) is 0 Å². The van der Waals surface area contributed by atoms with Gasteiger partial charge in [-0.3, -0.25) is 14.7 Å². The number of phenols is 1. The zero-order valence-corrected chi connectivity index (χ0v) is 14.0. The number of hydrogen-bond acceptors (Lipinski definition) is 6. The van der Waals surface area contributed by atoms with Crippen molar-refractivity contribution in [3.8, 4) is 5.75 Å². The second-order valence-corrected chi connectivity index (χ2v) is 7.83. The Morgan fingerprint density at radius 1 is 1.45 bits per heavy atom. The summed E-state index contributed by atoms with van der Waals surface area (Å²) in [5.74, 6) is 0.811. The molecule has 1 aromatic carbocycles. The van der Waals surface area contributed by atoms with Crippen molar-refractivity contribution in [1.29, 1.82) is 0 Å². The molecule has 5 nitrogen and oxygen atoms in total. The molecule has 22 heavy (non-hydrogen) atoms. The van der Waals surface area contributed by atoms with Crippen molar-refractivity contribution in [2.24, 2.45) is 4.99 Å². The summed E-state index contributed by atoms with van der Waals surface area (Å²) >= 11 is 3.26. The number of carbonyl (C=O) groups is 1. The number of likely N-dealkylation sites (N-methyl/N-ethyl adjacent to an activating group) is 1. The number of hydrogen-bond donors (Lipinski definition) is 2. The summed E-state index contributed by atoms with van der Waals surface area (Å²) in [6.45, 7) is 1.76. The maximum atomic E-state index is 11.5. The molecule has 0 amide bonds. The summed E-state index contributed by atoms with van der Waals surface area (Å²) < 4.78 is 0. The van der Waals surface area contributed by atoms with E-state index in [1.165, 1.54) is 0 Å². The first-order chi connectivity index (χ1) is 10.4. The molecule has 1 saturated heterocycles. The molecule has 2 aliphatic heterocycles. The zero-order chi connectivity index (χ0) is 15.9. The van der Waals surface area contributed by atoms with E-state index < -0.39 is 11.5 Å². The minimum atomic E-state index is -0.840. The molecule has 0 unspecified atom stereocenters. The third-order valence-electron chi connectivity index (χ3n) is 4.29. The number of aromatic hydroxyl groups is 1. The molecule has 0 aromatic heterocycles. The van der Waals surface area contributed by atoms with Crippen LogP contribution >= 0.6 is 23.5 Å². The fraction of sp³-hybridized carbons (Fsp3) is 0.467. The molecule has 2 heterocycles. The minimum Gasteiger partial charge on any atom is -0.507 e. The van der Waals surface area contributed by atoms with Crippen molar-refractivity contribution in [2.75, 3.05) is 18.6 Å². The summed E-state index contributed by atoms with van der Waals surface area (Å²) in [6.07, 6.45) is 0. The van der Waals surface area contributed by atoms with Crippen LogP contribution < -0.4 is 0 Å². The minimum absolute atomic E-state index is 0.0378. The van der Waals surface area contributed by atoms with Gasteiger partial charge in [0.1, 0.15) is 16.3 Å². The van der Waals surface area contributed by atoms with E-state index in [4.69, 9.17) is 4.99 Å². The second kappa shape index (κ2) is 5.79. The normalized spacial score (nSPS) is 32.2. The van der Waals surface area contributed by atoms with Crippen LogP contribution in [0, 0.1) is 0 Å². The molecule has 2 N–H and O–H groups in total. The van der Waals surface area contributed by atoms with Crippen molar-refractivity contribution in [2.45, 2.75) is 23.9 Å². The number of aliphatic carboxylic acids is 1. The number of rotatable bonds is 3. The van der Waals surface area contributed by atoms with Gasteiger partial charge in [-0.25, -0.2) is 0 Å². The third-order valence-corrected chi connectivity index (χ3v) is 7.10. The lowest BCUT2D eigenvalue weighted by molar-refractivity contribution is -0.147. The van der Waals surface area contributed by atoms with Gasteiger partial charge in [-0.05, 0) is 26.1 Å². The SMILES string of the molecule is CN1[C@H]([C@H]2CSC(c3ccccc3O)=N2)SC[C@]1(C)C(=O)O. The van der Waals surface area contributed by atoms with Gasteiger partial charge < -0.3 is 10.2 Å². The average Bonchev–Trinajstić information content (AvgIpc) is 3.07. The molecule has 0 radical (unpaired) electrons. The predicted octanol–water partition coefficient (Wildman–Crippen LogP) is 2.10. The maximum Gasteiger partial charge on any atom is 0.324 e. The van der Waals surface area contributed by atoms with Crippen LogP contribution in [0.15, 0.2) is 29.3 Å². The average molecular weight is 338 g/mol. The largest absolute Gasteiger partial charge is 0.507 e. The van der Waals surface area contributed by atoms with Crippen LogP contribution in [0.4, 0.5) is 0 Å². The van der Waals surface area contributed by atoms with Crippen molar-refractivity contribution in [1.82, 2.24) is 4.90 Å². The first-order valence-corrected chi connectivity index (χ1v) is 9.04. The van der Waals surface area contributed by atoms with Crippen LogP contribution in [0.3, 0.4) is 0 Å². The van der Waals surface area contributed by atoms with Gasteiger partial charge in [0.15, 0.2) is 0 Å². The topological polar surface area (TPSA) is 73.1 Å². The standard InChI is InChI=1S/C15H18N2O3S2/c1-15(14(19)20)8-22-13(17(15)2)10-7-21-12(16-10)9-5-3-4-6-11(9)18/h3-6,10,13,18H,7-8H2,1-2H3,(H,19,20)/t10-,13+,15-/m1/s1. The third kappa shape index (κ3) is 2.51. The van der Waals surface area contributed by atoms with E-state index in [1.807, 2.05) is 24.1 Å². The van der Waals surface area contributed by atoms with Crippen LogP contribution in [0.2, 0.25) is 0 Å². The molecule has 1 aromatic rings. The smallest absolute Gasteiger partial charge is 0.324 e. The van der Waals surface area contributed by atoms with Crippen LogP contribution in [0.5, 0.6) is 5.75 Å². The Kier molecular flexibility index (Phi) is 4.13. The molecule has 2 aliphatic rings. The van der Waals surface area contributed by atoms with Gasteiger partial charge >= 0.3 is 5.97 Å². The molecule has 3 atom stereocenters. The van der Waals surface area contributed by atoms with Gasteiger partial charge in [-0.2, -0.15) is 0 Å². The molecule has 118 valence electrons. The van der Waals surface area contributed by atoms with E-state index in [2.05, 4.69) is 0 Å². The fourth-order valence-corrected chi connectivity index (χ4v) is 5.56. The van der Waals surface area contributed by atoms with Crippen molar-refractivity contribution < 1.29 is 15.0 Å². The summed E-state index contributed by atoms with van der Waals surface area (Å²) in [4.78, 5) is 18.2. The highest BCUT2D eigenvalue weighted by Gasteiger charge is 2.50. The zero-order valence-electron chi connectivity index (χ0n) is 12.4. The van der Waals surface area contributed by atoms with Gasteiger partial charge in [0, 0.05) is 17.1 Å². The van der Waals surface area contributed by atoms with Crippen LogP contribution in [0.25, 0.3) is 0 Å². The van der Waals surface area contributed by atoms with E-state index in [-0.39, 0.29) is 17.2 Å². The first-order valence-electron chi connectivity index (χ1n) is 7.00. The summed E-state index contributed by atoms with van der Waals surface area (Å²) in [5.41, 5.74) is -0.0886. The van der Waals surface area contributed by atoms with Crippen LogP contribution in [0.1, 0.15) is 12.5 Å². The number of benzene rings is 1. The number of carboxylic acid groups (broad SMARTS) is 1. The molecule has 0 aliphatic carbocycles. The number of para-hydroxylation sites is 1. The highest BCUT2D eigenvalue weighted by Crippen LogP contribution is 2.41. The Balaban J connectivity index is 1.81. The van der Waals surface area contributed by atoms with Gasteiger partial charge in [-0.15, -0.1) is 23.5 Å². The molecule has 0 spiro atoms. The molecule has 0 bridgehead atoms. The number of nitrogens with zero attached hydrogens (tertiary/aromatic N) is 2. The Hall–Kier alpha value is -1.18. The highest BCUT2D eigenvalue weighted by atomic mass is 32.2. The summed E-state index contributed by atoms with van der Waals surface area (Å²) in [5, 5.41) is 20.3. The van der Waals surface area contributed by atoms with E-state index in [0.29, 0.717) is 5.75 Å². The predicted molar refractivity (Wildman–Crippen MR) is 90.9 cm³/mol. The van der Waals surface area contributed by atoms with E-state index >= 15 is 0 Å². The van der Waals surface area contributed by atoms with Crippen LogP contribution in [-0.4, -0.2) is 61.6 Å². The molecule has 1 fully saturated rings. The van der Waals surface area contributed by atoms with E-state index in [1.54, 1.807) is 42.6 Å². The lowest BCUT2D eigenvalue weighted by Crippen LogP contribution is -2.52. The molecule has 3 rings (SSSR count). The molecular formula is C15H18N2O3S2. The van der Waals surface area contributed by atoms with E-state index in [0.717, 1.165) is 16.4 Å². The Morgan fingerprint density at radius 2 is 2.18 bits per heavy atom. The number of carboxylic acids is 1. The van der Waals surface area contributed by atoms with Crippen molar-refractivity contribution >= 4 is 34.5 Å². The van der Waals surface area contributed by atoms with Crippen molar-refractivity contribution in [3.63, 3.8) is 0 Å². The lowest BCUT2D eigenvalue weighted by atomic mass is 10.0. The second-order valence-electron chi connectivity index (χ2n) is 5.72. The molecule has 7 heteroatoms. The van der Waals surface area contributed by atoms with E-state index in [9.17, 15) is 15.0 Å². The van der Waals surface area contributed by atoms with Crippen LogP contribution in [-0.2, 0) is 4.79 Å². The Labute approximate surface area is 137 Å². The molecule has 0 saturated carbocycles. The van der Waals surface area contributed by atoms with Gasteiger partial charge in [-0.1, -0.05) is 12.1 Å². The number of aliphatic imine (C=N–C) groups is 1. The molecular weight excluding hydrogens is 320 g/mol. The summed E-state index contributed by atoms with van der Waals surface area (Å²) in [7, 11) is 1.86. The number of phenolic OH excluding ortho intramolecular Hbond substituents is 1. The summed E-state index contributed by atoms with van der Waals surface area (Å²) in [6, 6.07) is 7.22. The Bertz CT molecular complexity index is 637. The fourth-order valence-electron chi connectivity index (χ4n) is 2.66. The van der Waals surface area contributed by atoms with Gasteiger partial charge in [0.05, 0.1) is 11.4 Å². The first kappa shape index (κ1) is 15.7. The van der Waals surface area contributed by atoms with Crippen molar-refractivity contribution in [3.05, 3.63) is 29.8 Å². The maximum absolute atomic E-state index is 11.5. The Morgan fingerprint density at radius 3 is 2.82 bits per heavy atom. The highest BCUT2D eigenvalue weighted by molar-refractivity contribution is 8.14. The van der Waals surface area contributed by atoms with Gasteiger partial charge in [0.2, 0.25) is 0 Å². The lowest BCUT2D eigenvalue weighted by Gasteiger charge is -2.31. The number of thioether (sulfide) groups is 2. The monoisotopic (exact) mass is 338 g/mol.